The Balaban J connectivity index is 1.73. The SMILES string of the molecule is O=C(O)CC1CCCN1C(=O)NCCC1=CCCCC1. The molecule has 1 aliphatic carbocycles. The van der Waals surface area contributed by atoms with Gasteiger partial charge in [0.2, 0.25) is 0 Å². The van der Waals surface area contributed by atoms with Gasteiger partial charge in [-0.1, -0.05) is 11.6 Å². The van der Waals surface area contributed by atoms with Crippen molar-refractivity contribution in [3.8, 4) is 0 Å². The lowest BCUT2D eigenvalue weighted by Gasteiger charge is -2.24. The highest BCUT2D eigenvalue weighted by Crippen LogP contribution is 2.21. The quantitative estimate of drug-likeness (QED) is 0.760. The molecule has 1 unspecified atom stereocenters. The summed E-state index contributed by atoms with van der Waals surface area (Å²) >= 11 is 0. The van der Waals surface area contributed by atoms with Gasteiger partial charge in [0.05, 0.1) is 6.42 Å². The number of carbonyl (C=O) groups excluding carboxylic acids is 1. The molecule has 2 N–H and O–H groups in total. The number of carbonyl (C=O) groups is 2. The van der Waals surface area contributed by atoms with Crippen molar-refractivity contribution in [3.63, 3.8) is 0 Å². The number of carboxylic acid groups (broad SMARTS) is 1. The molecular weight excluding hydrogens is 256 g/mol. The summed E-state index contributed by atoms with van der Waals surface area (Å²) in [5.41, 5.74) is 1.44. The molecule has 1 aliphatic heterocycles. The Hall–Kier alpha value is -1.52. The molecule has 0 aromatic heterocycles. The van der Waals surface area contributed by atoms with Gasteiger partial charge in [-0.25, -0.2) is 4.79 Å². The van der Waals surface area contributed by atoms with Crippen LogP contribution in [0.5, 0.6) is 0 Å². The first-order chi connectivity index (χ1) is 9.66. The van der Waals surface area contributed by atoms with E-state index in [4.69, 9.17) is 5.11 Å². The van der Waals surface area contributed by atoms with E-state index in [-0.39, 0.29) is 18.5 Å². The second-order valence-corrected chi connectivity index (χ2v) is 5.68. The van der Waals surface area contributed by atoms with E-state index in [2.05, 4.69) is 11.4 Å². The van der Waals surface area contributed by atoms with Crippen molar-refractivity contribution < 1.29 is 14.7 Å². The van der Waals surface area contributed by atoms with Crippen molar-refractivity contribution in [2.75, 3.05) is 13.1 Å². The average Bonchev–Trinajstić information content (AvgIpc) is 2.87. The molecule has 0 radical (unpaired) electrons. The molecule has 0 saturated carbocycles. The zero-order valence-electron chi connectivity index (χ0n) is 11.9. The van der Waals surface area contributed by atoms with Crippen molar-refractivity contribution in [2.24, 2.45) is 0 Å². The highest BCUT2D eigenvalue weighted by molar-refractivity contribution is 5.76. The molecule has 1 atom stereocenters. The third-order valence-electron chi connectivity index (χ3n) is 4.16. The summed E-state index contributed by atoms with van der Waals surface area (Å²) in [6.45, 7) is 1.33. The minimum absolute atomic E-state index is 0.0541. The van der Waals surface area contributed by atoms with Crippen molar-refractivity contribution in [2.45, 2.75) is 57.4 Å². The maximum atomic E-state index is 12.1. The van der Waals surface area contributed by atoms with Gasteiger partial charge in [0.25, 0.3) is 0 Å². The number of rotatable bonds is 5. The maximum Gasteiger partial charge on any atom is 0.317 e. The molecule has 0 bridgehead atoms. The first-order valence-corrected chi connectivity index (χ1v) is 7.61. The monoisotopic (exact) mass is 280 g/mol. The topological polar surface area (TPSA) is 69.6 Å². The number of hydrogen-bond acceptors (Lipinski definition) is 2. The van der Waals surface area contributed by atoms with Gasteiger partial charge >= 0.3 is 12.0 Å². The lowest BCUT2D eigenvalue weighted by Crippen LogP contribution is -2.43. The van der Waals surface area contributed by atoms with Crippen molar-refractivity contribution >= 4 is 12.0 Å². The smallest absolute Gasteiger partial charge is 0.317 e. The van der Waals surface area contributed by atoms with Crippen LogP contribution < -0.4 is 5.32 Å². The maximum absolute atomic E-state index is 12.1. The molecule has 0 spiro atoms. The fraction of sp³-hybridized carbons (Fsp3) is 0.733. The van der Waals surface area contributed by atoms with Gasteiger partial charge in [-0.3, -0.25) is 4.79 Å². The number of amides is 2. The Morgan fingerprint density at radius 3 is 2.90 bits per heavy atom. The number of nitrogens with one attached hydrogen (secondary N) is 1. The third-order valence-corrected chi connectivity index (χ3v) is 4.16. The first kappa shape index (κ1) is 14.9. The van der Waals surface area contributed by atoms with Crippen molar-refractivity contribution in [3.05, 3.63) is 11.6 Å². The van der Waals surface area contributed by atoms with Crippen LogP contribution in [-0.4, -0.2) is 41.1 Å². The molecule has 112 valence electrons. The van der Waals surface area contributed by atoms with Gasteiger partial charge in [-0.2, -0.15) is 0 Å². The van der Waals surface area contributed by atoms with Crippen LogP contribution in [0.4, 0.5) is 4.79 Å². The van der Waals surface area contributed by atoms with E-state index < -0.39 is 5.97 Å². The van der Waals surface area contributed by atoms with Crippen LogP contribution in [0.15, 0.2) is 11.6 Å². The number of aliphatic carboxylic acids is 1. The molecule has 2 amide bonds. The second kappa shape index (κ2) is 7.31. The standard InChI is InChI=1S/C15H24N2O3/c18-14(19)11-13-7-4-10-17(13)15(20)16-9-8-12-5-2-1-3-6-12/h5,13H,1-4,6-11H2,(H,16,20)(H,18,19). The number of carboxylic acids is 1. The van der Waals surface area contributed by atoms with E-state index in [1.807, 2.05) is 0 Å². The normalized spacial score (nSPS) is 22.5. The Kier molecular flexibility index (Phi) is 5.44. The van der Waals surface area contributed by atoms with Gasteiger partial charge < -0.3 is 15.3 Å². The Labute approximate surface area is 120 Å². The molecule has 2 rings (SSSR count). The fourth-order valence-corrected chi connectivity index (χ4v) is 3.08. The van der Waals surface area contributed by atoms with Gasteiger partial charge in [0.1, 0.15) is 0 Å². The van der Waals surface area contributed by atoms with E-state index in [9.17, 15) is 9.59 Å². The zero-order chi connectivity index (χ0) is 14.4. The van der Waals surface area contributed by atoms with E-state index in [0.29, 0.717) is 13.1 Å². The van der Waals surface area contributed by atoms with Crippen LogP contribution in [-0.2, 0) is 4.79 Å². The molecule has 2 aliphatic rings. The van der Waals surface area contributed by atoms with Crippen molar-refractivity contribution in [1.82, 2.24) is 10.2 Å². The number of hydrogen-bond donors (Lipinski definition) is 2. The molecule has 1 heterocycles. The van der Waals surface area contributed by atoms with Crippen LogP contribution >= 0.6 is 0 Å². The Morgan fingerprint density at radius 1 is 1.35 bits per heavy atom. The predicted octanol–water partition coefficient (Wildman–Crippen LogP) is 2.53. The van der Waals surface area contributed by atoms with E-state index in [1.54, 1.807) is 4.90 Å². The highest BCUT2D eigenvalue weighted by Gasteiger charge is 2.30. The van der Waals surface area contributed by atoms with Crippen LogP contribution in [0.25, 0.3) is 0 Å². The van der Waals surface area contributed by atoms with Gasteiger partial charge in [0, 0.05) is 19.1 Å². The second-order valence-electron chi connectivity index (χ2n) is 5.68. The largest absolute Gasteiger partial charge is 0.481 e. The van der Waals surface area contributed by atoms with E-state index in [1.165, 1.54) is 18.4 Å². The van der Waals surface area contributed by atoms with Gasteiger partial charge in [0.15, 0.2) is 0 Å². The summed E-state index contributed by atoms with van der Waals surface area (Å²) in [5.74, 6) is -0.831. The summed E-state index contributed by atoms with van der Waals surface area (Å²) in [5, 5.41) is 11.8. The summed E-state index contributed by atoms with van der Waals surface area (Å²) in [7, 11) is 0. The number of allylic oxidation sites excluding steroid dienone is 1. The van der Waals surface area contributed by atoms with E-state index >= 15 is 0 Å². The molecule has 20 heavy (non-hydrogen) atoms. The molecule has 0 aromatic rings. The molecule has 0 aromatic carbocycles. The lowest BCUT2D eigenvalue weighted by atomic mass is 9.97. The third kappa shape index (κ3) is 4.25. The minimum Gasteiger partial charge on any atom is -0.481 e. The van der Waals surface area contributed by atoms with Crippen LogP contribution in [0.2, 0.25) is 0 Å². The van der Waals surface area contributed by atoms with Gasteiger partial charge in [-0.05, 0) is 44.9 Å². The minimum atomic E-state index is -0.831. The van der Waals surface area contributed by atoms with Crippen LogP contribution in [0.3, 0.4) is 0 Å². The number of likely N-dealkylation sites (tertiary alicyclic amines) is 1. The Bertz CT molecular complexity index is 393. The van der Waals surface area contributed by atoms with Crippen molar-refractivity contribution in [1.29, 1.82) is 0 Å². The zero-order valence-corrected chi connectivity index (χ0v) is 11.9. The molecule has 5 heteroatoms. The van der Waals surface area contributed by atoms with E-state index in [0.717, 1.165) is 32.1 Å². The molecule has 5 nitrogen and oxygen atoms in total. The van der Waals surface area contributed by atoms with Crippen LogP contribution in [0.1, 0.15) is 51.4 Å². The number of nitrogens with zero attached hydrogens (tertiary/aromatic N) is 1. The summed E-state index contributed by atoms with van der Waals surface area (Å²) < 4.78 is 0. The first-order valence-electron chi connectivity index (χ1n) is 7.61. The summed E-state index contributed by atoms with van der Waals surface area (Å²) in [4.78, 5) is 24.5. The highest BCUT2D eigenvalue weighted by atomic mass is 16.4. The Morgan fingerprint density at radius 2 is 2.20 bits per heavy atom. The number of urea groups is 1. The molecule has 1 fully saturated rings. The van der Waals surface area contributed by atoms with Gasteiger partial charge in [-0.15, -0.1) is 0 Å². The predicted molar refractivity (Wildman–Crippen MR) is 76.5 cm³/mol. The lowest BCUT2D eigenvalue weighted by molar-refractivity contribution is -0.137. The molecular formula is C15H24N2O3. The van der Waals surface area contributed by atoms with Crippen LogP contribution in [0, 0.1) is 0 Å². The molecule has 1 saturated heterocycles. The average molecular weight is 280 g/mol. The summed E-state index contributed by atoms with van der Waals surface area (Å²) in [6.07, 6.45) is 9.81. The fourth-order valence-electron chi connectivity index (χ4n) is 3.08. The summed E-state index contributed by atoms with van der Waals surface area (Å²) in [6, 6.07) is -0.244.